The van der Waals surface area contributed by atoms with Gasteiger partial charge in [-0.25, -0.2) is 0 Å². The number of hydrogen-bond donors (Lipinski definition) is 0. The molecule has 1 heterocycles. The number of nitrogens with zero attached hydrogens (tertiary/aromatic N) is 1. The fourth-order valence-electron chi connectivity index (χ4n) is 4.29. The zero-order chi connectivity index (χ0) is 23.0. The third-order valence-electron chi connectivity index (χ3n) is 6.17. The minimum atomic E-state index is -0.198. The quantitative estimate of drug-likeness (QED) is 0.500. The standard InChI is InChI=1S/C27H31NO5/c1-31-21-11-9-20(10-12-21)23-19-24(29)26-22(27(23)30)7-6-8-25(26)33-16-5-3-2-4-13-28-14-17-32-18-15-28/h6-12,19H,2-5,13-18H2,1H3. The van der Waals surface area contributed by atoms with Crippen LogP contribution in [0.3, 0.4) is 0 Å². The van der Waals surface area contributed by atoms with Crippen molar-refractivity contribution in [3.8, 4) is 11.5 Å². The van der Waals surface area contributed by atoms with E-state index in [0.29, 0.717) is 40.4 Å². The maximum Gasteiger partial charge on any atom is 0.194 e. The van der Waals surface area contributed by atoms with Crippen molar-refractivity contribution < 1.29 is 23.8 Å². The Kier molecular flexibility index (Phi) is 7.92. The molecule has 0 amide bonds. The Labute approximate surface area is 195 Å². The summed E-state index contributed by atoms with van der Waals surface area (Å²) >= 11 is 0. The van der Waals surface area contributed by atoms with Crippen LogP contribution in [0.25, 0.3) is 5.57 Å². The van der Waals surface area contributed by atoms with Gasteiger partial charge in [0.25, 0.3) is 0 Å². The molecule has 0 atom stereocenters. The Balaban J connectivity index is 1.31. The maximum absolute atomic E-state index is 13.1. The zero-order valence-corrected chi connectivity index (χ0v) is 19.2. The van der Waals surface area contributed by atoms with Crippen LogP contribution in [-0.2, 0) is 4.74 Å². The number of ketones is 2. The Hall–Kier alpha value is -2.96. The molecule has 6 nitrogen and oxygen atoms in total. The topological polar surface area (TPSA) is 65.1 Å². The first-order chi connectivity index (χ1) is 16.2. The van der Waals surface area contributed by atoms with Gasteiger partial charge in [-0.05, 0) is 49.2 Å². The molecule has 2 aromatic carbocycles. The monoisotopic (exact) mass is 449 g/mol. The molecule has 2 aromatic rings. The first-order valence-electron chi connectivity index (χ1n) is 11.7. The van der Waals surface area contributed by atoms with E-state index in [1.807, 2.05) is 0 Å². The second-order valence-electron chi connectivity index (χ2n) is 8.38. The summed E-state index contributed by atoms with van der Waals surface area (Å²) in [5.74, 6) is 0.829. The molecule has 1 fully saturated rings. The van der Waals surface area contributed by atoms with Gasteiger partial charge in [0.05, 0.1) is 32.5 Å². The first-order valence-corrected chi connectivity index (χ1v) is 11.7. The molecule has 1 saturated heterocycles. The van der Waals surface area contributed by atoms with Crippen LogP contribution in [0, 0.1) is 0 Å². The number of Topliss-reactive ketones (excluding diaryl/α,β-unsaturated/α-hetero) is 1. The van der Waals surface area contributed by atoms with Crippen LogP contribution in [-0.4, -0.2) is 63.0 Å². The lowest BCUT2D eigenvalue weighted by molar-refractivity contribution is 0.0371. The molecule has 0 saturated carbocycles. The smallest absolute Gasteiger partial charge is 0.194 e. The summed E-state index contributed by atoms with van der Waals surface area (Å²) in [6, 6.07) is 12.4. The average molecular weight is 450 g/mol. The van der Waals surface area contributed by atoms with Gasteiger partial charge >= 0.3 is 0 Å². The Morgan fingerprint density at radius 2 is 1.70 bits per heavy atom. The van der Waals surface area contributed by atoms with E-state index in [-0.39, 0.29) is 11.6 Å². The summed E-state index contributed by atoms with van der Waals surface area (Å²) in [6.07, 6.45) is 5.74. The number of carbonyl (C=O) groups is 2. The highest BCUT2D eigenvalue weighted by Gasteiger charge is 2.29. The molecule has 6 heteroatoms. The minimum absolute atomic E-state index is 0.164. The number of fused-ring (bicyclic) bond motifs is 1. The highest BCUT2D eigenvalue weighted by atomic mass is 16.5. The molecular weight excluding hydrogens is 418 g/mol. The molecule has 0 bridgehead atoms. The molecule has 2 aliphatic rings. The molecular formula is C27H31NO5. The SMILES string of the molecule is COc1ccc(C2=CC(=O)c3c(OCCCCCCN4CCOCC4)cccc3C2=O)cc1. The summed E-state index contributed by atoms with van der Waals surface area (Å²) in [4.78, 5) is 28.5. The van der Waals surface area contributed by atoms with Gasteiger partial charge < -0.3 is 14.2 Å². The van der Waals surface area contributed by atoms with Crippen LogP contribution in [0.2, 0.25) is 0 Å². The molecule has 0 N–H and O–H groups in total. The lowest BCUT2D eigenvalue weighted by Gasteiger charge is -2.26. The van der Waals surface area contributed by atoms with Crippen molar-refractivity contribution in [3.63, 3.8) is 0 Å². The van der Waals surface area contributed by atoms with E-state index in [0.717, 1.165) is 52.1 Å². The van der Waals surface area contributed by atoms with Crippen LogP contribution in [0.5, 0.6) is 11.5 Å². The van der Waals surface area contributed by atoms with Crippen molar-refractivity contribution in [1.82, 2.24) is 4.90 Å². The number of allylic oxidation sites excluding steroid dienone is 2. The van der Waals surface area contributed by atoms with Gasteiger partial charge in [-0.15, -0.1) is 0 Å². The number of carbonyl (C=O) groups excluding carboxylic acids is 2. The van der Waals surface area contributed by atoms with Gasteiger partial charge in [0, 0.05) is 24.2 Å². The number of rotatable bonds is 10. The van der Waals surface area contributed by atoms with Crippen molar-refractivity contribution >= 4 is 17.1 Å². The Morgan fingerprint density at radius 3 is 2.45 bits per heavy atom. The lowest BCUT2D eigenvalue weighted by Crippen LogP contribution is -2.36. The summed E-state index contributed by atoms with van der Waals surface area (Å²) in [5.41, 5.74) is 1.86. The fourth-order valence-corrected chi connectivity index (χ4v) is 4.29. The first kappa shape index (κ1) is 23.2. The number of methoxy groups -OCH3 is 1. The predicted molar refractivity (Wildman–Crippen MR) is 127 cm³/mol. The lowest BCUT2D eigenvalue weighted by atomic mass is 9.86. The van der Waals surface area contributed by atoms with Crippen LogP contribution < -0.4 is 9.47 Å². The molecule has 4 rings (SSSR count). The normalized spacial score (nSPS) is 16.3. The molecule has 0 spiro atoms. The van der Waals surface area contributed by atoms with Gasteiger partial charge in [0.15, 0.2) is 11.6 Å². The molecule has 0 unspecified atom stereocenters. The molecule has 1 aliphatic carbocycles. The summed E-state index contributed by atoms with van der Waals surface area (Å²) in [6.45, 7) is 5.40. The highest BCUT2D eigenvalue weighted by molar-refractivity contribution is 6.39. The Morgan fingerprint density at radius 1 is 0.939 bits per heavy atom. The zero-order valence-electron chi connectivity index (χ0n) is 19.2. The third kappa shape index (κ3) is 5.70. The van der Waals surface area contributed by atoms with E-state index in [1.54, 1.807) is 49.6 Å². The minimum Gasteiger partial charge on any atom is -0.497 e. The number of benzene rings is 2. The van der Waals surface area contributed by atoms with Crippen LogP contribution >= 0.6 is 0 Å². The highest BCUT2D eigenvalue weighted by Crippen LogP contribution is 2.33. The predicted octanol–water partition coefficient (Wildman–Crippen LogP) is 4.43. The van der Waals surface area contributed by atoms with E-state index >= 15 is 0 Å². The van der Waals surface area contributed by atoms with Gasteiger partial charge in [-0.3, -0.25) is 14.5 Å². The van der Waals surface area contributed by atoms with Crippen molar-refractivity contribution in [2.45, 2.75) is 25.7 Å². The van der Waals surface area contributed by atoms with Gasteiger partial charge in [-0.2, -0.15) is 0 Å². The van der Waals surface area contributed by atoms with Gasteiger partial charge in [-0.1, -0.05) is 37.1 Å². The molecule has 174 valence electrons. The van der Waals surface area contributed by atoms with Gasteiger partial charge in [0.2, 0.25) is 0 Å². The average Bonchev–Trinajstić information content (AvgIpc) is 2.86. The summed E-state index contributed by atoms with van der Waals surface area (Å²) < 4.78 is 16.5. The van der Waals surface area contributed by atoms with E-state index in [4.69, 9.17) is 14.2 Å². The van der Waals surface area contributed by atoms with Crippen molar-refractivity contribution in [3.05, 3.63) is 65.2 Å². The third-order valence-corrected chi connectivity index (χ3v) is 6.17. The summed E-state index contributed by atoms with van der Waals surface area (Å²) in [7, 11) is 1.59. The largest absolute Gasteiger partial charge is 0.497 e. The molecule has 0 radical (unpaired) electrons. The van der Waals surface area contributed by atoms with E-state index < -0.39 is 0 Å². The number of hydrogen-bond acceptors (Lipinski definition) is 6. The van der Waals surface area contributed by atoms with E-state index in [9.17, 15) is 9.59 Å². The van der Waals surface area contributed by atoms with Crippen molar-refractivity contribution in [2.75, 3.05) is 46.6 Å². The number of unbranched alkanes of at least 4 members (excludes halogenated alkanes) is 3. The van der Waals surface area contributed by atoms with Crippen molar-refractivity contribution in [1.29, 1.82) is 0 Å². The van der Waals surface area contributed by atoms with E-state index in [1.165, 1.54) is 12.5 Å². The van der Waals surface area contributed by atoms with Crippen LogP contribution in [0.4, 0.5) is 0 Å². The number of morpholine rings is 1. The number of ether oxygens (including phenoxy) is 3. The fraction of sp³-hybridized carbons (Fsp3) is 0.407. The van der Waals surface area contributed by atoms with Crippen LogP contribution in [0.15, 0.2) is 48.5 Å². The van der Waals surface area contributed by atoms with Crippen LogP contribution in [0.1, 0.15) is 52.0 Å². The summed E-state index contributed by atoms with van der Waals surface area (Å²) in [5, 5.41) is 0. The van der Waals surface area contributed by atoms with E-state index in [2.05, 4.69) is 4.90 Å². The molecule has 1 aliphatic heterocycles. The maximum atomic E-state index is 13.1. The molecule has 33 heavy (non-hydrogen) atoms. The second kappa shape index (κ2) is 11.3. The van der Waals surface area contributed by atoms with Gasteiger partial charge in [0.1, 0.15) is 11.5 Å². The second-order valence-corrected chi connectivity index (χ2v) is 8.38. The Bertz CT molecular complexity index is 1010. The molecule has 0 aromatic heterocycles. The van der Waals surface area contributed by atoms with Crippen molar-refractivity contribution in [2.24, 2.45) is 0 Å².